The summed E-state index contributed by atoms with van der Waals surface area (Å²) >= 11 is 0. The van der Waals surface area contributed by atoms with Crippen LogP contribution in [0.25, 0.3) is 0 Å². The fourth-order valence-electron chi connectivity index (χ4n) is 1.83. The van der Waals surface area contributed by atoms with Crippen molar-refractivity contribution in [1.29, 1.82) is 0 Å². The van der Waals surface area contributed by atoms with Crippen LogP contribution in [-0.2, 0) is 4.74 Å². The summed E-state index contributed by atoms with van der Waals surface area (Å²) in [5, 5.41) is 0. The van der Waals surface area contributed by atoms with E-state index in [4.69, 9.17) is 4.74 Å². The molecule has 0 aromatic rings. The quantitative estimate of drug-likeness (QED) is 0.449. The van der Waals surface area contributed by atoms with Crippen molar-refractivity contribution in [3.8, 4) is 0 Å². The van der Waals surface area contributed by atoms with E-state index in [1.54, 1.807) is 7.11 Å². The van der Waals surface area contributed by atoms with Crippen molar-refractivity contribution >= 4 is 0 Å². The maximum Gasteiger partial charge on any atom is 0.0462 e. The Labute approximate surface area is 96.6 Å². The molecule has 0 aromatic heterocycles. The Morgan fingerprint density at radius 1 is 0.867 bits per heavy atom. The average molecular weight is 214 g/mol. The first-order chi connectivity index (χ1) is 7.31. The van der Waals surface area contributed by atoms with Crippen LogP contribution in [0.15, 0.2) is 0 Å². The van der Waals surface area contributed by atoms with Gasteiger partial charge >= 0.3 is 0 Å². The third-order valence-electron chi connectivity index (χ3n) is 3.24. The summed E-state index contributed by atoms with van der Waals surface area (Å²) in [5.74, 6) is 0.937. The molecule has 0 saturated carbocycles. The fourth-order valence-corrected chi connectivity index (χ4v) is 1.83. The van der Waals surface area contributed by atoms with Gasteiger partial charge in [-0.1, -0.05) is 65.2 Å². The van der Waals surface area contributed by atoms with Crippen LogP contribution in [0.4, 0.5) is 0 Å². The second-order valence-corrected chi connectivity index (χ2v) is 4.77. The van der Waals surface area contributed by atoms with Crippen LogP contribution in [0.5, 0.6) is 0 Å². The van der Waals surface area contributed by atoms with E-state index in [1.165, 1.54) is 57.8 Å². The molecule has 0 N–H and O–H groups in total. The van der Waals surface area contributed by atoms with Crippen LogP contribution in [-0.4, -0.2) is 13.7 Å². The van der Waals surface area contributed by atoms with Gasteiger partial charge in [0.25, 0.3) is 0 Å². The van der Waals surface area contributed by atoms with Crippen LogP contribution >= 0.6 is 0 Å². The van der Waals surface area contributed by atoms with E-state index < -0.39 is 0 Å². The van der Waals surface area contributed by atoms with Crippen LogP contribution in [0.3, 0.4) is 0 Å². The standard InChI is InChI=1S/C14H30O/c1-4-14(2)12-10-8-6-5-7-9-11-13-15-3/h14H,4-13H2,1-3H3. The molecule has 1 atom stereocenters. The van der Waals surface area contributed by atoms with Gasteiger partial charge in [0, 0.05) is 13.7 Å². The average Bonchev–Trinajstić information content (AvgIpc) is 2.26. The van der Waals surface area contributed by atoms with Crippen molar-refractivity contribution < 1.29 is 4.74 Å². The number of ether oxygens (including phenoxy) is 1. The Hall–Kier alpha value is -0.0400. The van der Waals surface area contributed by atoms with Crippen LogP contribution < -0.4 is 0 Å². The molecule has 92 valence electrons. The molecular weight excluding hydrogens is 184 g/mol. The first-order valence-corrected chi connectivity index (χ1v) is 6.80. The highest BCUT2D eigenvalue weighted by molar-refractivity contribution is 4.51. The van der Waals surface area contributed by atoms with Gasteiger partial charge in [0.2, 0.25) is 0 Å². The zero-order valence-corrected chi connectivity index (χ0v) is 11.1. The van der Waals surface area contributed by atoms with Gasteiger partial charge in [0.05, 0.1) is 0 Å². The predicted molar refractivity (Wildman–Crippen MR) is 68.3 cm³/mol. The highest BCUT2D eigenvalue weighted by Crippen LogP contribution is 2.14. The minimum atomic E-state index is 0.937. The molecule has 0 heterocycles. The highest BCUT2D eigenvalue weighted by atomic mass is 16.5. The van der Waals surface area contributed by atoms with Gasteiger partial charge in [-0.2, -0.15) is 0 Å². The lowest BCUT2D eigenvalue weighted by molar-refractivity contribution is 0.192. The molecule has 0 aliphatic rings. The van der Waals surface area contributed by atoms with Gasteiger partial charge in [-0.3, -0.25) is 0 Å². The monoisotopic (exact) mass is 214 g/mol. The minimum absolute atomic E-state index is 0.937. The predicted octanol–water partition coefficient (Wildman–Crippen LogP) is 4.80. The summed E-state index contributed by atoms with van der Waals surface area (Å²) in [4.78, 5) is 0. The first kappa shape index (κ1) is 15.0. The largest absolute Gasteiger partial charge is 0.385 e. The van der Waals surface area contributed by atoms with E-state index in [0.717, 1.165) is 12.5 Å². The summed E-state index contributed by atoms with van der Waals surface area (Å²) in [5.41, 5.74) is 0. The number of unbranched alkanes of at least 4 members (excludes halogenated alkanes) is 6. The summed E-state index contributed by atoms with van der Waals surface area (Å²) < 4.78 is 5.03. The lowest BCUT2D eigenvalue weighted by Crippen LogP contribution is -1.92. The molecule has 0 fully saturated rings. The van der Waals surface area contributed by atoms with Gasteiger partial charge < -0.3 is 4.74 Å². The number of methoxy groups -OCH3 is 1. The van der Waals surface area contributed by atoms with E-state index in [-0.39, 0.29) is 0 Å². The van der Waals surface area contributed by atoms with Crippen LogP contribution in [0, 0.1) is 5.92 Å². The van der Waals surface area contributed by atoms with Gasteiger partial charge in [0.1, 0.15) is 0 Å². The summed E-state index contributed by atoms with van der Waals surface area (Å²) in [7, 11) is 1.79. The molecule has 0 aliphatic carbocycles. The van der Waals surface area contributed by atoms with Crippen molar-refractivity contribution in [2.24, 2.45) is 5.92 Å². The Morgan fingerprint density at radius 3 is 1.93 bits per heavy atom. The van der Waals surface area contributed by atoms with Gasteiger partial charge in [-0.05, 0) is 12.3 Å². The topological polar surface area (TPSA) is 9.23 Å². The SMILES string of the molecule is CCC(C)CCCCCCCCCOC. The molecule has 0 bridgehead atoms. The number of hydrogen-bond acceptors (Lipinski definition) is 1. The Bertz CT molecular complexity index is 112. The van der Waals surface area contributed by atoms with Crippen molar-refractivity contribution in [1.82, 2.24) is 0 Å². The normalized spacial score (nSPS) is 13.0. The number of rotatable bonds is 11. The van der Waals surface area contributed by atoms with Crippen LogP contribution in [0.2, 0.25) is 0 Å². The molecule has 1 heteroatoms. The molecule has 0 rings (SSSR count). The van der Waals surface area contributed by atoms with E-state index >= 15 is 0 Å². The third kappa shape index (κ3) is 11.9. The van der Waals surface area contributed by atoms with Crippen molar-refractivity contribution in [2.45, 2.75) is 71.6 Å². The molecule has 0 radical (unpaired) electrons. The Morgan fingerprint density at radius 2 is 1.40 bits per heavy atom. The summed E-state index contributed by atoms with van der Waals surface area (Å²) in [6, 6.07) is 0. The molecule has 0 amide bonds. The second-order valence-electron chi connectivity index (χ2n) is 4.77. The highest BCUT2D eigenvalue weighted by Gasteiger charge is 1.97. The zero-order valence-electron chi connectivity index (χ0n) is 11.1. The Balaban J connectivity index is 2.92. The van der Waals surface area contributed by atoms with Crippen LogP contribution in [0.1, 0.15) is 71.6 Å². The van der Waals surface area contributed by atoms with Crippen molar-refractivity contribution in [3.05, 3.63) is 0 Å². The molecular formula is C14H30O. The molecule has 0 aliphatic heterocycles. The fraction of sp³-hybridized carbons (Fsp3) is 1.00. The summed E-state index contributed by atoms with van der Waals surface area (Å²) in [6.45, 7) is 5.60. The molecule has 0 aromatic carbocycles. The number of hydrogen-bond donors (Lipinski definition) is 0. The lowest BCUT2D eigenvalue weighted by atomic mass is 10.00. The maximum absolute atomic E-state index is 5.03. The van der Waals surface area contributed by atoms with Gasteiger partial charge in [-0.15, -0.1) is 0 Å². The molecule has 1 nitrogen and oxygen atoms in total. The van der Waals surface area contributed by atoms with Gasteiger partial charge in [0.15, 0.2) is 0 Å². The van der Waals surface area contributed by atoms with Crippen molar-refractivity contribution in [3.63, 3.8) is 0 Å². The molecule has 1 unspecified atom stereocenters. The molecule has 15 heavy (non-hydrogen) atoms. The third-order valence-corrected chi connectivity index (χ3v) is 3.24. The maximum atomic E-state index is 5.03. The van der Waals surface area contributed by atoms with E-state index in [2.05, 4.69) is 13.8 Å². The van der Waals surface area contributed by atoms with Gasteiger partial charge in [-0.25, -0.2) is 0 Å². The van der Waals surface area contributed by atoms with E-state index in [9.17, 15) is 0 Å². The van der Waals surface area contributed by atoms with E-state index in [0.29, 0.717) is 0 Å². The van der Waals surface area contributed by atoms with Crippen molar-refractivity contribution in [2.75, 3.05) is 13.7 Å². The first-order valence-electron chi connectivity index (χ1n) is 6.80. The smallest absolute Gasteiger partial charge is 0.0462 e. The lowest BCUT2D eigenvalue weighted by Gasteiger charge is -2.07. The molecule has 0 spiro atoms. The molecule has 0 saturated heterocycles. The summed E-state index contributed by atoms with van der Waals surface area (Å²) in [6.07, 6.45) is 12.5. The second kappa shape index (κ2) is 12.0. The Kier molecular flexibility index (Phi) is 12.0. The van der Waals surface area contributed by atoms with E-state index in [1.807, 2.05) is 0 Å². The minimum Gasteiger partial charge on any atom is -0.385 e. The zero-order chi connectivity index (χ0) is 11.4.